The third-order valence-electron chi connectivity index (χ3n) is 1.58. The van der Waals surface area contributed by atoms with E-state index in [1.165, 1.54) is 0 Å². The Labute approximate surface area is 60.9 Å². The zero-order valence-corrected chi connectivity index (χ0v) is 6.33. The molecule has 0 N–H and O–H groups in total. The fourth-order valence-corrected chi connectivity index (χ4v) is 0.724. The lowest BCUT2D eigenvalue weighted by molar-refractivity contribution is -0.114. The Bertz CT molecular complexity index is 161. The first-order valence-electron chi connectivity index (χ1n) is 3.60. The second-order valence-corrected chi connectivity index (χ2v) is 2.48. The zero-order chi connectivity index (χ0) is 7.56. The van der Waals surface area contributed by atoms with Crippen molar-refractivity contribution in [3.63, 3.8) is 0 Å². The molecule has 0 bridgehead atoms. The van der Waals surface area contributed by atoms with Crippen molar-refractivity contribution in [2.24, 2.45) is 0 Å². The molecule has 1 aliphatic heterocycles. The number of carbonyl (C=O) groups is 1. The van der Waals surface area contributed by atoms with Crippen LogP contribution in [0.1, 0.15) is 20.3 Å². The van der Waals surface area contributed by atoms with E-state index in [0.29, 0.717) is 12.5 Å². The molecule has 1 heterocycles. The number of hydrogen-bond donors (Lipinski definition) is 0. The van der Waals surface area contributed by atoms with Crippen LogP contribution >= 0.6 is 0 Å². The maximum atomic E-state index is 10.7. The fourth-order valence-electron chi connectivity index (χ4n) is 0.724. The van der Waals surface area contributed by atoms with Crippen molar-refractivity contribution in [2.75, 3.05) is 0 Å². The van der Waals surface area contributed by atoms with Gasteiger partial charge in [-0.15, -0.1) is 0 Å². The third kappa shape index (κ3) is 1.95. The molecule has 56 valence electrons. The summed E-state index contributed by atoms with van der Waals surface area (Å²) >= 11 is 0. The van der Waals surface area contributed by atoms with Gasteiger partial charge in [0.2, 0.25) is 0 Å². The van der Waals surface area contributed by atoms with Gasteiger partial charge in [-0.3, -0.25) is 4.79 Å². The average Bonchev–Trinajstić information content (AvgIpc) is 2.61. The maximum Gasteiger partial charge on any atom is 0.155 e. The molecule has 10 heavy (non-hydrogen) atoms. The fraction of sp³-hybridized carbons (Fsp3) is 0.625. The largest absolute Gasteiger partial charge is 0.365 e. The Kier molecular flexibility index (Phi) is 2.22. The van der Waals surface area contributed by atoms with Crippen LogP contribution in [-0.4, -0.2) is 18.0 Å². The first-order valence-corrected chi connectivity index (χ1v) is 3.60. The van der Waals surface area contributed by atoms with Crippen LogP contribution < -0.4 is 0 Å². The highest BCUT2D eigenvalue weighted by molar-refractivity contribution is 5.89. The van der Waals surface area contributed by atoms with Gasteiger partial charge in [0, 0.05) is 6.42 Å². The lowest BCUT2D eigenvalue weighted by Gasteiger charge is -1.81. The average molecular weight is 140 g/mol. The van der Waals surface area contributed by atoms with Gasteiger partial charge in [-0.25, -0.2) is 0 Å². The molecule has 2 unspecified atom stereocenters. The summed E-state index contributed by atoms with van der Waals surface area (Å²) < 4.78 is 5.07. The van der Waals surface area contributed by atoms with E-state index >= 15 is 0 Å². The predicted octanol–water partition coefficient (Wildman–Crippen LogP) is 1.31. The van der Waals surface area contributed by atoms with E-state index in [1.54, 1.807) is 6.08 Å². The van der Waals surface area contributed by atoms with Crippen molar-refractivity contribution in [1.29, 1.82) is 0 Å². The summed E-state index contributed by atoms with van der Waals surface area (Å²) in [5.74, 6) is 0.169. The molecule has 1 saturated heterocycles. The highest BCUT2D eigenvalue weighted by atomic mass is 16.6. The number of allylic oxidation sites excluding steroid dienone is 1. The van der Waals surface area contributed by atoms with Gasteiger partial charge < -0.3 is 4.74 Å². The van der Waals surface area contributed by atoms with Crippen LogP contribution in [0, 0.1) is 0 Å². The monoisotopic (exact) mass is 140 g/mol. The van der Waals surface area contributed by atoms with Crippen molar-refractivity contribution in [2.45, 2.75) is 32.5 Å². The third-order valence-corrected chi connectivity index (χ3v) is 1.58. The van der Waals surface area contributed by atoms with Gasteiger partial charge in [0.05, 0.1) is 6.10 Å². The zero-order valence-electron chi connectivity index (χ0n) is 6.33. The summed E-state index contributed by atoms with van der Waals surface area (Å²) in [6.07, 6.45) is 4.54. The normalized spacial score (nSPS) is 31.0. The molecule has 0 radical (unpaired) electrons. The minimum absolute atomic E-state index is 0.169. The molecule has 0 saturated carbocycles. The molecular formula is C8H12O2. The Morgan fingerprint density at radius 3 is 2.70 bits per heavy atom. The highest BCUT2D eigenvalue weighted by Crippen LogP contribution is 2.21. The van der Waals surface area contributed by atoms with Crippen LogP contribution in [0.5, 0.6) is 0 Å². The van der Waals surface area contributed by atoms with Crippen LogP contribution in [0.3, 0.4) is 0 Å². The standard InChI is InChI=1S/C8H12O2/c1-3-7(9)4-5-8-6(2)10-8/h4-6,8H,3H2,1-2H3. The first-order chi connectivity index (χ1) is 4.74. The Morgan fingerprint density at radius 1 is 1.70 bits per heavy atom. The van der Waals surface area contributed by atoms with Crippen LogP contribution in [0.2, 0.25) is 0 Å². The Hall–Kier alpha value is -0.630. The molecule has 0 amide bonds. The number of hydrogen-bond acceptors (Lipinski definition) is 2. The quantitative estimate of drug-likeness (QED) is 0.437. The maximum absolute atomic E-state index is 10.7. The van der Waals surface area contributed by atoms with Crippen LogP contribution in [0.4, 0.5) is 0 Å². The van der Waals surface area contributed by atoms with Crippen molar-refractivity contribution in [3.05, 3.63) is 12.2 Å². The Balaban J connectivity index is 2.23. The number of ether oxygens (including phenoxy) is 1. The molecule has 0 aromatic rings. The van der Waals surface area contributed by atoms with Crippen molar-refractivity contribution in [1.82, 2.24) is 0 Å². The summed E-state index contributed by atoms with van der Waals surface area (Å²) in [6, 6.07) is 0. The van der Waals surface area contributed by atoms with Gasteiger partial charge >= 0.3 is 0 Å². The van der Waals surface area contributed by atoms with Crippen molar-refractivity contribution < 1.29 is 9.53 Å². The molecule has 2 heteroatoms. The smallest absolute Gasteiger partial charge is 0.155 e. The molecule has 0 aromatic heterocycles. The van der Waals surface area contributed by atoms with Gasteiger partial charge in [0.25, 0.3) is 0 Å². The molecule has 0 spiro atoms. The second-order valence-electron chi connectivity index (χ2n) is 2.48. The topological polar surface area (TPSA) is 29.6 Å². The summed E-state index contributed by atoms with van der Waals surface area (Å²) in [7, 11) is 0. The van der Waals surface area contributed by atoms with E-state index in [1.807, 2.05) is 19.9 Å². The molecule has 2 nitrogen and oxygen atoms in total. The summed E-state index contributed by atoms with van der Waals surface area (Å²) in [4.78, 5) is 10.7. The van der Waals surface area contributed by atoms with Crippen LogP contribution in [-0.2, 0) is 9.53 Å². The van der Waals surface area contributed by atoms with Gasteiger partial charge in [-0.05, 0) is 19.1 Å². The SMILES string of the molecule is CCC(=O)C=CC1OC1C. The predicted molar refractivity (Wildman–Crippen MR) is 38.8 cm³/mol. The minimum atomic E-state index is 0.169. The lowest BCUT2D eigenvalue weighted by atomic mass is 10.2. The van der Waals surface area contributed by atoms with Gasteiger partial charge in [-0.2, -0.15) is 0 Å². The summed E-state index contributed by atoms with van der Waals surface area (Å²) in [6.45, 7) is 3.84. The van der Waals surface area contributed by atoms with Crippen LogP contribution in [0.25, 0.3) is 0 Å². The van der Waals surface area contributed by atoms with Gasteiger partial charge in [0.1, 0.15) is 6.10 Å². The minimum Gasteiger partial charge on any atom is -0.365 e. The molecule has 1 aliphatic rings. The second kappa shape index (κ2) is 2.97. The van der Waals surface area contributed by atoms with Crippen LogP contribution in [0.15, 0.2) is 12.2 Å². The molecule has 2 atom stereocenters. The number of ketones is 1. The van der Waals surface area contributed by atoms with Crippen molar-refractivity contribution >= 4 is 5.78 Å². The summed E-state index contributed by atoms with van der Waals surface area (Å²) in [5.41, 5.74) is 0. The number of carbonyl (C=O) groups excluding carboxylic acids is 1. The number of rotatable bonds is 3. The van der Waals surface area contributed by atoms with Crippen molar-refractivity contribution in [3.8, 4) is 0 Å². The summed E-state index contributed by atoms with van der Waals surface area (Å²) in [5, 5.41) is 0. The first kappa shape index (κ1) is 7.48. The van der Waals surface area contributed by atoms with E-state index in [0.717, 1.165) is 0 Å². The molecule has 1 fully saturated rings. The van der Waals surface area contributed by atoms with Gasteiger partial charge in [0.15, 0.2) is 5.78 Å². The van der Waals surface area contributed by atoms with E-state index in [2.05, 4.69) is 0 Å². The van der Waals surface area contributed by atoms with E-state index in [9.17, 15) is 4.79 Å². The van der Waals surface area contributed by atoms with E-state index in [-0.39, 0.29) is 11.9 Å². The molecule has 0 aliphatic carbocycles. The van der Waals surface area contributed by atoms with Gasteiger partial charge in [-0.1, -0.05) is 6.92 Å². The molecule has 0 aromatic carbocycles. The lowest BCUT2D eigenvalue weighted by Crippen LogP contribution is -1.89. The molecule has 1 rings (SSSR count). The highest BCUT2D eigenvalue weighted by Gasteiger charge is 2.31. The van der Waals surface area contributed by atoms with E-state index < -0.39 is 0 Å². The Morgan fingerprint density at radius 2 is 2.30 bits per heavy atom. The van der Waals surface area contributed by atoms with E-state index in [4.69, 9.17) is 4.74 Å². The molecular weight excluding hydrogens is 128 g/mol. The number of epoxide rings is 1.